The predicted octanol–water partition coefficient (Wildman–Crippen LogP) is 3.22. The second-order valence-electron chi connectivity index (χ2n) is 5.87. The van der Waals surface area contributed by atoms with Crippen LogP contribution in [0.3, 0.4) is 0 Å². The minimum atomic E-state index is -0.00264. The van der Waals surface area contributed by atoms with Crippen LogP contribution in [0.2, 0.25) is 0 Å². The molecule has 92 valence electrons. The molecule has 1 heterocycles. The second kappa shape index (κ2) is 4.77. The zero-order chi connectivity index (χ0) is 11.6. The van der Waals surface area contributed by atoms with Crippen molar-refractivity contribution < 1.29 is 4.79 Å². The van der Waals surface area contributed by atoms with Gasteiger partial charge in [-0.3, -0.25) is 4.79 Å². The summed E-state index contributed by atoms with van der Waals surface area (Å²) in [6.45, 7) is 6.47. The monoisotopic (exact) mass is 223 g/mol. The molecule has 0 radical (unpaired) electrons. The zero-order valence-corrected chi connectivity index (χ0v) is 10.8. The molecular formula is C14H25NO. The van der Waals surface area contributed by atoms with Crippen LogP contribution in [-0.4, -0.2) is 23.9 Å². The number of carbonyl (C=O) groups is 1. The van der Waals surface area contributed by atoms with Crippen molar-refractivity contribution in [3.8, 4) is 0 Å². The molecule has 2 heteroatoms. The lowest BCUT2D eigenvalue weighted by atomic mass is 9.74. The Balaban J connectivity index is 2.10. The summed E-state index contributed by atoms with van der Waals surface area (Å²) in [5, 5.41) is 0. The minimum absolute atomic E-state index is 0.00264. The summed E-state index contributed by atoms with van der Waals surface area (Å²) < 4.78 is 0. The molecule has 1 aliphatic carbocycles. The van der Waals surface area contributed by atoms with Gasteiger partial charge in [-0.2, -0.15) is 0 Å². The molecule has 1 saturated carbocycles. The van der Waals surface area contributed by atoms with E-state index in [4.69, 9.17) is 0 Å². The highest BCUT2D eigenvalue weighted by Gasteiger charge is 2.45. The van der Waals surface area contributed by atoms with Crippen molar-refractivity contribution >= 4 is 5.91 Å². The van der Waals surface area contributed by atoms with E-state index in [0.717, 1.165) is 25.9 Å². The van der Waals surface area contributed by atoms with E-state index in [0.29, 0.717) is 11.8 Å². The fraction of sp³-hybridized carbons (Fsp3) is 0.929. The molecule has 0 aromatic rings. The van der Waals surface area contributed by atoms with Crippen molar-refractivity contribution in [1.82, 2.24) is 4.90 Å². The first kappa shape index (κ1) is 11.9. The third-order valence-corrected chi connectivity index (χ3v) is 4.67. The highest BCUT2D eigenvalue weighted by atomic mass is 16.2. The lowest BCUT2D eigenvalue weighted by Gasteiger charge is -2.39. The Morgan fingerprint density at radius 2 is 1.56 bits per heavy atom. The van der Waals surface area contributed by atoms with E-state index in [1.165, 1.54) is 32.1 Å². The van der Waals surface area contributed by atoms with Gasteiger partial charge in [-0.25, -0.2) is 0 Å². The number of nitrogens with zero attached hydrogens (tertiary/aromatic N) is 1. The molecule has 2 fully saturated rings. The number of likely N-dealkylation sites (tertiary alicyclic amines) is 1. The van der Waals surface area contributed by atoms with E-state index in [1.807, 2.05) is 0 Å². The molecule has 2 aliphatic rings. The first-order chi connectivity index (χ1) is 7.67. The van der Waals surface area contributed by atoms with Gasteiger partial charge in [0.1, 0.15) is 0 Å². The summed E-state index contributed by atoms with van der Waals surface area (Å²) in [5.41, 5.74) is -0.00264. The Labute approximate surface area is 99.4 Å². The van der Waals surface area contributed by atoms with E-state index < -0.39 is 0 Å². The van der Waals surface area contributed by atoms with Gasteiger partial charge in [0.05, 0.1) is 5.41 Å². The van der Waals surface area contributed by atoms with Crippen molar-refractivity contribution in [2.75, 3.05) is 13.1 Å². The predicted molar refractivity (Wildman–Crippen MR) is 66.2 cm³/mol. The first-order valence-corrected chi connectivity index (χ1v) is 6.96. The van der Waals surface area contributed by atoms with Crippen LogP contribution in [0.15, 0.2) is 0 Å². The van der Waals surface area contributed by atoms with Gasteiger partial charge in [0.2, 0.25) is 5.91 Å². The van der Waals surface area contributed by atoms with E-state index in [-0.39, 0.29) is 5.41 Å². The molecule has 16 heavy (non-hydrogen) atoms. The summed E-state index contributed by atoms with van der Waals surface area (Å²) in [6, 6.07) is 0. The van der Waals surface area contributed by atoms with Crippen molar-refractivity contribution in [2.24, 2.45) is 11.3 Å². The largest absolute Gasteiger partial charge is 0.342 e. The maximum atomic E-state index is 12.7. The summed E-state index contributed by atoms with van der Waals surface area (Å²) in [5.74, 6) is 0.976. The van der Waals surface area contributed by atoms with Crippen LogP contribution in [0.5, 0.6) is 0 Å². The van der Waals surface area contributed by atoms with Crippen molar-refractivity contribution in [3.63, 3.8) is 0 Å². The van der Waals surface area contributed by atoms with Crippen molar-refractivity contribution in [2.45, 2.75) is 58.8 Å². The molecule has 0 bridgehead atoms. The van der Waals surface area contributed by atoms with Gasteiger partial charge in [-0.15, -0.1) is 0 Å². The van der Waals surface area contributed by atoms with Gasteiger partial charge in [-0.05, 0) is 38.0 Å². The van der Waals surface area contributed by atoms with Crippen LogP contribution in [0.1, 0.15) is 58.8 Å². The summed E-state index contributed by atoms with van der Waals surface area (Å²) in [7, 11) is 0. The molecule has 2 nitrogen and oxygen atoms in total. The Morgan fingerprint density at radius 1 is 1.00 bits per heavy atom. The average molecular weight is 223 g/mol. The van der Waals surface area contributed by atoms with Crippen LogP contribution < -0.4 is 0 Å². The molecule has 0 aromatic heterocycles. The summed E-state index contributed by atoms with van der Waals surface area (Å²) in [6.07, 6.45) is 8.47. The van der Waals surface area contributed by atoms with Crippen LogP contribution in [-0.2, 0) is 4.79 Å². The van der Waals surface area contributed by atoms with Gasteiger partial charge in [0.15, 0.2) is 0 Å². The fourth-order valence-electron chi connectivity index (χ4n) is 3.46. The number of hydrogen-bond acceptors (Lipinski definition) is 1. The third kappa shape index (κ3) is 1.99. The van der Waals surface area contributed by atoms with Gasteiger partial charge in [-0.1, -0.05) is 26.7 Å². The van der Waals surface area contributed by atoms with Gasteiger partial charge in [0.25, 0.3) is 0 Å². The molecule has 0 spiro atoms. The van der Waals surface area contributed by atoms with E-state index >= 15 is 0 Å². The van der Waals surface area contributed by atoms with Crippen LogP contribution in [0.25, 0.3) is 0 Å². The standard InChI is InChI=1S/C14H25NO/c1-12(2)14(8-4-5-9-14)13(16)15-10-6-3-7-11-15/h12H,3-11H2,1-2H3. The lowest BCUT2D eigenvalue weighted by Crippen LogP contribution is -2.47. The molecule has 2 rings (SSSR count). The Kier molecular flexibility index (Phi) is 3.56. The third-order valence-electron chi connectivity index (χ3n) is 4.67. The average Bonchev–Trinajstić information content (AvgIpc) is 2.79. The van der Waals surface area contributed by atoms with Gasteiger partial charge < -0.3 is 4.90 Å². The van der Waals surface area contributed by atoms with Gasteiger partial charge in [0, 0.05) is 13.1 Å². The topological polar surface area (TPSA) is 20.3 Å². The number of hydrogen-bond donors (Lipinski definition) is 0. The van der Waals surface area contributed by atoms with Crippen LogP contribution >= 0.6 is 0 Å². The number of carbonyl (C=O) groups excluding carboxylic acids is 1. The number of piperidine rings is 1. The van der Waals surface area contributed by atoms with Crippen molar-refractivity contribution in [1.29, 1.82) is 0 Å². The maximum absolute atomic E-state index is 12.7. The van der Waals surface area contributed by atoms with Gasteiger partial charge >= 0.3 is 0 Å². The SMILES string of the molecule is CC(C)C1(C(=O)N2CCCCC2)CCCC1. The quantitative estimate of drug-likeness (QED) is 0.704. The maximum Gasteiger partial charge on any atom is 0.229 e. The lowest BCUT2D eigenvalue weighted by molar-refractivity contribution is -0.145. The molecule has 0 N–H and O–H groups in total. The zero-order valence-electron chi connectivity index (χ0n) is 10.8. The molecule has 0 atom stereocenters. The molecule has 0 unspecified atom stereocenters. The molecule has 0 aromatic carbocycles. The van der Waals surface area contributed by atoms with E-state index in [2.05, 4.69) is 18.7 Å². The fourth-order valence-corrected chi connectivity index (χ4v) is 3.46. The highest BCUT2D eigenvalue weighted by Crippen LogP contribution is 2.45. The molecule has 1 amide bonds. The Hall–Kier alpha value is -0.530. The summed E-state index contributed by atoms with van der Waals surface area (Å²) >= 11 is 0. The highest BCUT2D eigenvalue weighted by molar-refractivity contribution is 5.83. The van der Waals surface area contributed by atoms with E-state index in [9.17, 15) is 4.79 Å². The first-order valence-electron chi connectivity index (χ1n) is 6.96. The minimum Gasteiger partial charge on any atom is -0.342 e. The van der Waals surface area contributed by atoms with E-state index in [1.54, 1.807) is 0 Å². The number of amides is 1. The molecular weight excluding hydrogens is 198 g/mol. The Morgan fingerprint density at radius 3 is 2.06 bits per heavy atom. The number of rotatable bonds is 2. The van der Waals surface area contributed by atoms with Crippen LogP contribution in [0.4, 0.5) is 0 Å². The molecule has 1 aliphatic heterocycles. The Bertz CT molecular complexity index is 247. The van der Waals surface area contributed by atoms with Crippen LogP contribution in [0, 0.1) is 11.3 Å². The smallest absolute Gasteiger partial charge is 0.229 e. The molecule has 1 saturated heterocycles. The van der Waals surface area contributed by atoms with Crippen molar-refractivity contribution in [3.05, 3.63) is 0 Å². The second-order valence-corrected chi connectivity index (χ2v) is 5.87. The summed E-state index contributed by atoms with van der Waals surface area (Å²) in [4.78, 5) is 14.8. The normalized spacial score (nSPS) is 25.1.